The fraction of sp³-hybridized carbons (Fsp3) is 0.333. The number of nitriles is 1. The van der Waals surface area contributed by atoms with Crippen molar-refractivity contribution < 1.29 is 17.6 Å². The Morgan fingerprint density at radius 3 is 2.50 bits per heavy atom. The molecule has 24 heavy (non-hydrogen) atoms. The van der Waals surface area contributed by atoms with Gasteiger partial charge < -0.3 is 0 Å². The van der Waals surface area contributed by atoms with Gasteiger partial charge in [0.25, 0.3) is 0 Å². The molecule has 0 spiro atoms. The molecule has 1 atom stereocenters. The van der Waals surface area contributed by atoms with E-state index in [-0.39, 0.29) is 11.5 Å². The van der Waals surface area contributed by atoms with E-state index in [9.17, 15) is 17.6 Å². The van der Waals surface area contributed by atoms with Crippen LogP contribution in [0, 0.1) is 11.3 Å². The van der Waals surface area contributed by atoms with Crippen molar-refractivity contribution in [3.8, 4) is 6.07 Å². The zero-order valence-electron chi connectivity index (χ0n) is 11.7. The standard InChI is InChI=1S/C12H7Cl3F4N4S/c1-5-10(16)7(4-20)23(24-11(14)15)22(5)9-3-6(12(17,18)19)2-8(13)21-9/h2-3,7,11H,1H3. The van der Waals surface area contributed by atoms with Crippen LogP contribution in [0.25, 0.3) is 0 Å². The normalized spacial score (nSPS) is 19.3. The topological polar surface area (TPSA) is 43.2 Å². The average molecular weight is 422 g/mol. The monoisotopic (exact) mass is 420 g/mol. The summed E-state index contributed by atoms with van der Waals surface area (Å²) < 4.78 is 53.0. The van der Waals surface area contributed by atoms with Crippen molar-refractivity contribution in [2.24, 2.45) is 0 Å². The molecule has 130 valence electrons. The summed E-state index contributed by atoms with van der Waals surface area (Å²) in [6.45, 7) is 1.29. The van der Waals surface area contributed by atoms with Crippen LogP contribution in [-0.2, 0) is 6.18 Å². The first kappa shape index (κ1) is 19.4. The Balaban J connectivity index is 2.56. The van der Waals surface area contributed by atoms with Gasteiger partial charge in [0.05, 0.1) is 17.3 Å². The van der Waals surface area contributed by atoms with E-state index < -0.39 is 32.9 Å². The molecule has 1 unspecified atom stereocenters. The molecule has 1 aromatic rings. The third-order valence-corrected chi connectivity index (χ3v) is 4.38. The molecule has 0 amide bonds. The number of rotatable bonds is 3. The van der Waals surface area contributed by atoms with Crippen LogP contribution in [0.1, 0.15) is 12.5 Å². The number of alkyl halides is 5. The minimum atomic E-state index is -4.68. The second-order valence-electron chi connectivity index (χ2n) is 4.48. The summed E-state index contributed by atoms with van der Waals surface area (Å²) >= 11 is 17.6. The Bertz CT molecular complexity index is 719. The number of nitrogens with zero attached hydrogens (tertiary/aromatic N) is 4. The summed E-state index contributed by atoms with van der Waals surface area (Å²) in [5.41, 5.74) is -1.18. The van der Waals surface area contributed by atoms with Crippen molar-refractivity contribution >= 4 is 52.6 Å². The van der Waals surface area contributed by atoms with E-state index in [1.807, 2.05) is 0 Å². The molecule has 0 saturated heterocycles. The largest absolute Gasteiger partial charge is 0.416 e. The summed E-state index contributed by atoms with van der Waals surface area (Å²) in [5, 5.41) is 9.66. The fourth-order valence-electron chi connectivity index (χ4n) is 1.98. The van der Waals surface area contributed by atoms with Gasteiger partial charge >= 0.3 is 6.18 Å². The van der Waals surface area contributed by atoms with Gasteiger partial charge in [-0.3, -0.25) is 0 Å². The lowest BCUT2D eigenvalue weighted by Crippen LogP contribution is -2.38. The van der Waals surface area contributed by atoms with Gasteiger partial charge in [-0.15, -0.1) is 4.41 Å². The van der Waals surface area contributed by atoms with Gasteiger partial charge in [-0.25, -0.2) is 14.4 Å². The Morgan fingerprint density at radius 1 is 1.38 bits per heavy atom. The number of hydrogen-bond acceptors (Lipinski definition) is 5. The van der Waals surface area contributed by atoms with Crippen LogP contribution in [0.5, 0.6) is 0 Å². The first-order valence-corrected chi connectivity index (χ1v) is 8.20. The molecule has 0 saturated carbocycles. The molecule has 0 aromatic carbocycles. The van der Waals surface area contributed by atoms with Gasteiger partial charge in [-0.1, -0.05) is 34.8 Å². The van der Waals surface area contributed by atoms with Crippen LogP contribution in [0.15, 0.2) is 23.7 Å². The Hall–Kier alpha value is -0.920. The molecule has 1 aliphatic heterocycles. The highest BCUT2D eigenvalue weighted by atomic mass is 35.5. The summed E-state index contributed by atoms with van der Waals surface area (Å²) in [6.07, 6.45) is -4.68. The summed E-state index contributed by atoms with van der Waals surface area (Å²) in [5.74, 6) is -1.17. The summed E-state index contributed by atoms with van der Waals surface area (Å²) in [7, 11) is 0. The maximum atomic E-state index is 14.2. The van der Waals surface area contributed by atoms with Crippen LogP contribution < -0.4 is 5.01 Å². The van der Waals surface area contributed by atoms with Gasteiger partial charge in [-0.05, 0) is 31.0 Å². The quantitative estimate of drug-likeness (QED) is 0.287. The maximum absolute atomic E-state index is 14.2. The summed E-state index contributed by atoms with van der Waals surface area (Å²) in [4.78, 5) is 3.78. The van der Waals surface area contributed by atoms with Crippen LogP contribution >= 0.6 is 46.8 Å². The lowest BCUT2D eigenvalue weighted by molar-refractivity contribution is -0.137. The molecule has 1 aromatic heterocycles. The first-order chi connectivity index (χ1) is 11.1. The lowest BCUT2D eigenvalue weighted by atomic mass is 10.2. The highest BCUT2D eigenvalue weighted by Crippen LogP contribution is 2.42. The molecule has 4 nitrogen and oxygen atoms in total. The van der Waals surface area contributed by atoms with E-state index >= 15 is 0 Å². The maximum Gasteiger partial charge on any atom is 0.416 e. The zero-order chi connectivity index (χ0) is 18.2. The van der Waals surface area contributed by atoms with E-state index in [1.165, 1.54) is 6.92 Å². The second kappa shape index (κ2) is 7.14. The van der Waals surface area contributed by atoms with E-state index in [4.69, 9.17) is 40.1 Å². The molecule has 12 heteroatoms. The summed E-state index contributed by atoms with van der Waals surface area (Å²) in [6, 6.07) is 1.61. The average Bonchev–Trinajstić information content (AvgIpc) is 2.67. The van der Waals surface area contributed by atoms with Gasteiger partial charge in [-0.2, -0.15) is 18.4 Å². The van der Waals surface area contributed by atoms with Crippen molar-refractivity contribution in [1.29, 1.82) is 5.26 Å². The predicted molar refractivity (Wildman–Crippen MR) is 84.9 cm³/mol. The SMILES string of the molecule is CC1=C(F)C(C#N)N(SC(Cl)Cl)N1c1cc(C(F)(F)F)cc(Cl)n1. The van der Waals surface area contributed by atoms with Crippen molar-refractivity contribution in [2.45, 2.75) is 23.3 Å². The number of anilines is 1. The van der Waals surface area contributed by atoms with E-state index in [2.05, 4.69) is 4.98 Å². The second-order valence-corrected chi connectivity index (χ2v) is 7.54. The van der Waals surface area contributed by atoms with Crippen molar-refractivity contribution in [2.75, 3.05) is 5.01 Å². The predicted octanol–water partition coefficient (Wildman–Crippen LogP) is 5.29. The molecule has 0 fully saturated rings. The number of hydrogen-bond donors (Lipinski definition) is 0. The molecule has 0 radical (unpaired) electrons. The third-order valence-electron chi connectivity index (χ3n) is 2.96. The van der Waals surface area contributed by atoms with Crippen LogP contribution in [-0.4, -0.2) is 19.6 Å². The van der Waals surface area contributed by atoms with Gasteiger partial charge in [0.1, 0.15) is 5.15 Å². The van der Waals surface area contributed by atoms with E-state index in [0.29, 0.717) is 24.1 Å². The minimum Gasteiger partial charge on any atom is -0.247 e. The van der Waals surface area contributed by atoms with Gasteiger partial charge in [0.15, 0.2) is 21.9 Å². The first-order valence-electron chi connectivity index (χ1n) is 6.11. The Kier molecular flexibility index (Phi) is 5.77. The fourth-order valence-corrected chi connectivity index (χ4v) is 3.40. The molecular formula is C12H7Cl3F4N4S. The number of pyridine rings is 1. The molecular weight excluding hydrogens is 415 g/mol. The van der Waals surface area contributed by atoms with Crippen molar-refractivity contribution in [3.05, 3.63) is 34.4 Å². The number of allylic oxidation sites excluding steroid dienone is 1. The third kappa shape index (κ3) is 3.83. The molecule has 1 aliphatic rings. The van der Waals surface area contributed by atoms with E-state index in [1.54, 1.807) is 6.07 Å². The zero-order valence-corrected chi connectivity index (χ0v) is 14.7. The highest BCUT2D eigenvalue weighted by molar-refractivity contribution is 8.00. The van der Waals surface area contributed by atoms with Crippen LogP contribution in [0.2, 0.25) is 5.15 Å². The molecule has 2 rings (SSSR count). The number of hydrazine groups is 1. The lowest BCUT2D eigenvalue weighted by Gasteiger charge is -2.30. The number of halogens is 7. The smallest absolute Gasteiger partial charge is 0.247 e. The Morgan fingerprint density at radius 2 is 2.00 bits per heavy atom. The molecule has 0 N–H and O–H groups in total. The van der Waals surface area contributed by atoms with E-state index in [0.717, 1.165) is 9.42 Å². The molecule has 2 heterocycles. The highest BCUT2D eigenvalue weighted by Gasteiger charge is 2.42. The van der Waals surface area contributed by atoms with Crippen LogP contribution in [0.4, 0.5) is 23.4 Å². The van der Waals surface area contributed by atoms with Crippen molar-refractivity contribution in [3.63, 3.8) is 0 Å². The van der Waals surface area contributed by atoms with Gasteiger partial charge in [0.2, 0.25) is 0 Å². The molecule has 0 aliphatic carbocycles. The minimum absolute atomic E-state index is 0.120. The molecule has 0 bridgehead atoms. The number of aromatic nitrogens is 1. The van der Waals surface area contributed by atoms with Crippen LogP contribution in [0.3, 0.4) is 0 Å². The Labute approximate surface area is 153 Å². The van der Waals surface area contributed by atoms with Crippen molar-refractivity contribution in [1.82, 2.24) is 9.40 Å². The van der Waals surface area contributed by atoms with Gasteiger partial charge in [0, 0.05) is 0 Å².